The fraction of sp³-hybridized carbons (Fsp3) is 0.300. The Morgan fingerprint density at radius 3 is 2.62 bits per heavy atom. The second kappa shape index (κ2) is 9.54. The van der Waals surface area contributed by atoms with Crippen LogP contribution in [0.15, 0.2) is 48.7 Å². The van der Waals surface area contributed by atoms with Crippen molar-refractivity contribution in [3.8, 4) is 17.4 Å². The van der Waals surface area contributed by atoms with Gasteiger partial charge in [0.05, 0.1) is 13.5 Å². The van der Waals surface area contributed by atoms with Gasteiger partial charge < -0.3 is 24.4 Å². The van der Waals surface area contributed by atoms with Crippen molar-refractivity contribution in [3.63, 3.8) is 0 Å². The third kappa shape index (κ3) is 5.44. The summed E-state index contributed by atoms with van der Waals surface area (Å²) in [6.45, 7) is 0.361. The lowest BCUT2D eigenvalue weighted by molar-refractivity contribution is -0.151. The van der Waals surface area contributed by atoms with Crippen molar-refractivity contribution >= 4 is 17.8 Å². The van der Waals surface area contributed by atoms with Crippen molar-refractivity contribution in [1.29, 1.82) is 0 Å². The van der Waals surface area contributed by atoms with Gasteiger partial charge in [0.2, 0.25) is 11.8 Å². The maximum Gasteiger partial charge on any atom is 0.308 e. The van der Waals surface area contributed by atoms with Crippen LogP contribution in [0.3, 0.4) is 0 Å². The third-order valence-electron chi connectivity index (χ3n) is 4.29. The van der Waals surface area contributed by atoms with E-state index in [2.05, 4.69) is 15.0 Å². The SMILES string of the molecule is COC(=O)C[C@@H]1C(=O)NCCN1C(=O)COc1ccc(Oc2ccccn2)cc1. The number of carbonyl (C=O) groups is 3. The molecule has 0 aliphatic carbocycles. The number of aromatic nitrogens is 1. The van der Waals surface area contributed by atoms with Crippen LogP contribution >= 0.6 is 0 Å². The van der Waals surface area contributed by atoms with E-state index in [0.29, 0.717) is 30.5 Å². The lowest BCUT2D eigenvalue weighted by atomic mass is 10.1. The van der Waals surface area contributed by atoms with E-state index in [-0.39, 0.29) is 24.8 Å². The number of ether oxygens (including phenoxy) is 3. The molecule has 0 spiro atoms. The zero-order chi connectivity index (χ0) is 20.6. The summed E-state index contributed by atoms with van der Waals surface area (Å²) in [7, 11) is 1.24. The number of amides is 2. The highest BCUT2D eigenvalue weighted by Crippen LogP contribution is 2.22. The van der Waals surface area contributed by atoms with Gasteiger partial charge >= 0.3 is 5.97 Å². The lowest BCUT2D eigenvalue weighted by Crippen LogP contribution is -2.58. The van der Waals surface area contributed by atoms with Crippen molar-refractivity contribution in [3.05, 3.63) is 48.7 Å². The summed E-state index contributed by atoms with van der Waals surface area (Å²) >= 11 is 0. The summed E-state index contributed by atoms with van der Waals surface area (Å²) in [5.74, 6) is 0.185. The third-order valence-corrected chi connectivity index (χ3v) is 4.29. The Kier molecular flexibility index (Phi) is 6.62. The van der Waals surface area contributed by atoms with Gasteiger partial charge in [-0.2, -0.15) is 0 Å². The Morgan fingerprint density at radius 1 is 1.17 bits per heavy atom. The first kappa shape index (κ1) is 20.1. The van der Waals surface area contributed by atoms with E-state index in [1.54, 1.807) is 42.6 Å². The molecule has 1 aliphatic rings. The average molecular weight is 399 g/mol. The predicted octanol–water partition coefficient (Wildman–Crippen LogP) is 1.14. The number of methoxy groups -OCH3 is 1. The van der Waals surface area contributed by atoms with Gasteiger partial charge in [-0.15, -0.1) is 0 Å². The molecule has 9 heteroatoms. The predicted molar refractivity (Wildman–Crippen MR) is 101 cm³/mol. The van der Waals surface area contributed by atoms with Gasteiger partial charge in [0.15, 0.2) is 6.61 Å². The molecule has 1 aromatic carbocycles. The molecule has 1 atom stereocenters. The Balaban J connectivity index is 1.56. The van der Waals surface area contributed by atoms with Crippen molar-refractivity contribution in [1.82, 2.24) is 15.2 Å². The molecule has 2 aromatic rings. The van der Waals surface area contributed by atoms with Gasteiger partial charge in [0, 0.05) is 25.4 Å². The molecule has 3 rings (SSSR count). The van der Waals surface area contributed by atoms with Crippen LogP contribution in [0, 0.1) is 0 Å². The lowest BCUT2D eigenvalue weighted by Gasteiger charge is -2.34. The molecule has 1 aromatic heterocycles. The van der Waals surface area contributed by atoms with Crippen molar-refractivity contribution in [2.45, 2.75) is 12.5 Å². The van der Waals surface area contributed by atoms with Crippen molar-refractivity contribution in [2.24, 2.45) is 0 Å². The number of benzene rings is 1. The fourth-order valence-corrected chi connectivity index (χ4v) is 2.82. The number of hydrogen-bond acceptors (Lipinski definition) is 7. The summed E-state index contributed by atoms with van der Waals surface area (Å²) in [6.07, 6.45) is 1.43. The maximum absolute atomic E-state index is 12.5. The van der Waals surface area contributed by atoms with Crippen LogP contribution in [0.25, 0.3) is 0 Å². The molecule has 0 unspecified atom stereocenters. The number of esters is 1. The Bertz CT molecular complexity index is 856. The normalized spacial score (nSPS) is 16.0. The molecule has 29 heavy (non-hydrogen) atoms. The van der Waals surface area contributed by atoms with Crippen LogP contribution in [0.1, 0.15) is 6.42 Å². The Labute approximate surface area is 167 Å². The van der Waals surface area contributed by atoms with E-state index >= 15 is 0 Å². The molecule has 2 amide bonds. The van der Waals surface area contributed by atoms with Gasteiger partial charge in [0.1, 0.15) is 17.5 Å². The van der Waals surface area contributed by atoms with Gasteiger partial charge in [0.25, 0.3) is 5.91 Å². The van der Waals surface area contributed by atoms with Crippen molar-refractivity contribution < 1.29 is 28.6 Å². The largest absolute Gasteiger partial charge is 0.484 e. The number of pyridine rings is 1. The van der Waals surface area contributed by atoms with Gasteiger partial charge in [-0.1, -0.05) is 6.07 Å². The molecule has 1 N–H and O–H groups in total. The number of nitrogens with zero attached hydrogens (tertiary/aromatic N) is 2. The summed E-state index contributed by atoms with van der Waals surface area (Å²) in [4.78, 5) is 41.6. The summed E-state index contributed by atoms with van der Waals surface area (Å²) in [5.41, 5.74) is 0. The van der Waals surface area contributed by atoms with E-state index in [1.807, 2.05) is 6.07 Å². The highest BCUT2D eigenvalue weighted by atomic mass is 16.5. The number of rotatable bonds is 7. The van der Waals surface area contributed by atoms with Crippen LogP contribution in [0.2, 0.25) is 0 Å². The Morgan fingerprint density at radius 2 is 1.93 bits per heavy atom. The highest BCUT2D eigenvalue weighted by molar-refractivity contribution is 5.92. The topological polar surface area (TPSA) is 107 Å². The van der Waals surface area contributed by atoms with Gasteiger partial charge in [-0.25, -0.2) is 4.98 Å². The van der Waals surface area contributed by atoms with E-state index in [9.17, 15) is 14.4 Å². The molecule has 1 fully saturated rings. The van der Waals surface area contributed by atoms with Crippen LogP contribution in [0.4, 0.5) is 0 Å². The first-order valence-electron chi connectivity index (χ1n) is 9.02. The minimum absolute atomic E-state index is 0.201. The molecule has 0 bridgehead atoms. The minimum Gasteiger partial charge on any atom is -0.484 e. The van der Waals surface area contributed by atoms with Crippen LogP contribution in [-0.2, 0) is 19.1 Å². The zero-order valence-corrected chi connectivity index (χ0v) is 15.9. The quantitative estimate of drug-likeness (QED) is 0.696. The zero-order valence-electron chi connectivity index (χ0n) is 15.9. The molecular weight excluding hydrogens is 378 g/mol. The average Bonchev–Trinajstić information content (AvgIpc) is 2.75. The molecule has 2 heterocycles. The highest BCUT2D eigenvalue weighted by Gasteiger charge is 2.35. The molecule has 0 radical (unpaired) electrons. The molecule has 152 valence electrons. The minimum atomic E-state index is -0.901. The summed E-state index contributed by atoms with van der Waals surface area (Å²) in [5, 5.41) is 2.65. The number of piperazine rings is 1. The van der Waals surface area contributed by atoms with Gasteiger partial charge in [-0.05, 0) is 30.3 Å². The monoisotopic (exact) mass is 399 g/mol. The molecule has 1 saturated heterocycles. The fourth-order valence-electron chi connectivity index (χ4n) is 2.82. The standard InChI is InChI=1S/C20H21N3O6/c1-27-19(25)12-16-20(26)22-10-11-23(16)18(24)13-28-14-5-7-15(8-6-14)29-17-4-2-3-9-21-17/h2-9,16H,10-13H2,1H3,(H,22,26)/t16-/m1/s1. The second-order valence-electron chi connectivity index (χ2n) is 6.20. The number of hydrogen-bond donors (Lipinski definition) is 1. The number of nitrogens with one attached hydrogen (secondary N) is 1. The van der Waals surface area contributed by atoms with Crippen molar-refractivity contribution in [2.75, 3.05) is 26.8 Å². The maximum atomic E-state index is 12.5. The van der Waals surface area contributed by atoms with Crippen LogP contribution in [0.5, 0.6) is 17.4 Å². The smallest absolute Gasteiger partial charge is 0.308 e. The first-order chi connectivity index (χ1) is 14.1. The summed E-state index contributed by atoms with van der Waals surface area (Å²) < 4.78 is 15.7. The molecule has 1 aliphatic heterocycles. The van der Waals surface area contributed by atoms with E-state index < -0.39 is 12.0 Å². The van der Waals surface area contributed by atoms with Crippen LogP contribution < -0.4 is 14.8 Å². The van der Waals surface area contributed by atoms with E-state index in [0.717, 1.165) is 0 Å². The van der Waals surface area contributed by atoms with Gasteiger partial charge in [-0.3, -0.25) is 14.4 Å². The Hall–Kier alpha value is -3.62. The first-order valence-corrected chi connectivity index (χ1v) is 9.02. The second-order valence-corrected chi connectivity index (χ2v) is 6.20. The molecule has 9 nitrogen and oxygen atoms in total. The van der Waals surface area contributed by atoms with Crippen LogP contribution in [-0.4, -0.2) is 60.5 Å². The van der Waals surface area contributed by atoms with E-state index in [4.69, 9.17) is 9.47 Å². The summed E-state index contributed by atoms with van der Waals surface area (Å²) in [6, 6.07) is 11.2. The van der Waals surface area contributed by atoms with E-state index in [1.165, 1.54) is 12.0 Å². The number of carbonyl (C=O) groups excluding carboxylic acids is 3. The molecular formula is C20H21N3O6. The molecule has 0 saturated carbocycles.